The highest BCUT2D eigenvalue weighted by atomic mass is 19.3. The SMILES string of the molecule is OCC(F)(F)[C@H](c1cc(F)c(F)cc1F)N1CCNCC1. The van der Waals surface area contributed by atoms with Gasteiger partial charge >= 0.3 is 0 Å². The Bertz CT molecular complexity index is 506. The van der Waals surface area contributed by atoms with Crippen LogP contribution in [-0.2, 0) is 0 Å². The standard InChI is InChI=1S/C13H15F5N2O/c14-9-6-11(16)10(15)5-8(9)12(13(17,18)7-21)20-3-1-19-2-4-20/h5-6,12,19,21H,1-4,7H2/t12-/m0/s1. The summed E-state index contributed by atoms with van der Waals surface area (Å²) in [6.45, 7) is -0.343. The van der Waals surface area contributed by atoms with Crippen molar-refractivity contribution in [2.24, 2.45) is 0 Å². The summed E-state index contributed by atoms with van der Waals surface area (Å²) >= 11 is 0. The van der Waals surface area contributed by atoms with E-state index in [-0.39, 0.29) is 19.2 Å². The number of alkyl halides is 2. The highest BCUT2D eigenvalue weighted by Gasteiger charge is 2.45. The number of aliphatic hydroxyl groups excluding tert-OH is 1. The van der Waals surface area contributed by atoms with E-state index in [1.54, 1.807) is 0 Å². The van der Waals surface area contributed by atoms with Crippen LogP contribution in [0.1, 0.15) is 11.6 Å². The predicted molar refractivity (Wildman–Crippen MR) is 65.5 cm³/mol. The van der Waals surface area contributed by atoms with Gasteiger partial charge in [0.1, 0.15) is 18.5 Å². The molecule has 0 aromatic heterocycles. The molecule has 0 saturated carbocycles. The molecule has 0 aliphatic carbocycles. The molecule has 0 radical (unpaired) electrons. The summed E-state index contributed by atoms with van der Waals surface area (Å²) in [6.07, 6.45) is 0. The summed E-state index contributed by atoms with van der Waals surface area (Å²) in [5, 5.41) is 11.8. The second-order valence-electron chi connectivity index (χ2n) is 4.90. The predicted octanol–water partition coefficient (Wildman–Crippen LogP) is 1.68. The fourth-order valence-electron chi connectivity index (χ4n) is 2.47. The van der Waals surface area contributed by atoms with Gasteiger partial charge in [-0.1, -0.05) is 0 Å². The Kier molecular flexibility index (Phi) is 4.80. The van der Waals surface area contributed by atoms with Crippen molar-refractivity contribution in [3.05, 3.63) is 35.1 Å². The second-order valence-corrected chi connectivity index (χ2v) is 4.90. The third kappa shape index (κ3) is 3.33. The molecule has 1 saturated heterocycles. The Labute approximate surface area is 118 Å². The summed E-state index contributed by atoms with van der Waals surface area (Å²) < 4.78 is 68.1. The van der Waals surface area contributed by atoms with E-state index < -0.39 is 41.6 Å². The maximum absolute atomic E-state index is 14.0. The Balaban J connectivity index is 2.46. The molecule has 1 aromatic carbocycles. The molecule has 1 aromatic rings. The molecule has 0 bridgehead atoms. The lowest BCUT2D eigenvalue weighted by Crippen LogP contribution is -2.51. The summed E-state index contributed by atoms with van der Waals surface area (Å²) in [4.78, 5) is 1.25. The molecule has 1 aliphatic heterocycles. The first-order valence-electron chi connectivity index (χ1n) is 6.44. The lowest BCUT2D eigenvalue weighted by atomic mass is 9.97. The molecule has 1 atom stereocenters. The minimum absolute atomic E-state index is 0.179. The summed E-state index contributed by atoms with van der Waals surface area (Å²) in [6, 6.07) is -1.17. The topological polar surface area (TPSA) is 35.5 Å². The zero-order valence-corrected chi connectivity index (χ0v) is 11.1. The summed E-state index contributed by atoms with van der Waals surface area (Å²) in [5.74, 6) is -7.78. The van der Waals surface area contributed by atoms with Gasteiger partial charge in [-0.05, 0) is 6.07 Å². The lowest BCUT2D eigenvalue weighted by Gasteiger charge is -2.38. The average molecular weight is 310 g/mol. The Morgan fingerprint density at radius 3 is 2.24 bits per heavy atom. The smallest absolute Gasteiger partial charge is 0.290 e. The molecule has 8 heteroatoms. The van der Waals surface area contributed by atoms with Crippen LogP contribution in [0.25, 0.3) is 0 Å². The number of rotatable bonds is 4. The van der Waals surface area contributed by atoms with Crippen LogP contribution >= 0.6 is 0 Å². The van der Waals surface area contributed by atoms with Gasteiger partial charge in [0, 0.05) is 37.8 Å². The van der Waals surface area contributed by atoms with E-state index >= 15 is 0 Å². The maximum atomic E-state index is 14.0. The summed E-state index contributed by atoms with van der Waals surface area (Å²) in [5.41, 5.74) is -0.658. The molecule has 118 valence electrons. The second kappa shape index (κ2) is 6.25. The van der Waals surface area contributed by atoms with Crippen LogP contribution < -0.4 is 5.32 Å². The maximum Gasteiger partial charge on any atom is 0.290 e. The minimum atomic E-state index is -3.68. The lowest BCUT2D eigenvalue weighted by molar-refractivity contribution is -0.119. The molecule has 1 heterocycles. The zero-order chi connectivity index (χ0) is 15.6. The molecule has 0 unspecified atom stereocenters. The van der Waals surface area contributed by atoms with Crippen LogP contribution in [-0.4, -0.2) is 48.7 Å². The number of hydrogen-bond donors (Lipinski definition) is 2. The first-order chi connectivity index (χ1) is 9.86. The monoisotopic (exact) mass is 310 g/mol. The Morgan fingerprint density at radius 2 is 1.67 bits per heavy atom. The number of halogens is 5. The third-order valence-electron chi connectivity index (χ3n) is 3.46. The van der Waals surface area contributed by atoms with Gasteiger partial charge in [-0.15, -0.1) is 0 Å². The zero-order valence-electron chi connectivity index (χ0n) is 11.1. The van der Waals surface area contributed by atoms with Crippen molar-refractivity contribution in [2.45, 2.75) is 12.0 Å². The van der Waals surface area contributed by atoms with Gasteiger partial charge in [0.15, 0.2) is 11.6 Å². The fraction of sp³-hybridized carbons (Fsp3) is 0.538. The minimum Gasteiger partial charge on any atom is -0.390 e. The number of hydrogen-bond acceptors (Lipinski definition) is 3. The van der Waals surface area contributed by atoms with Gasteiger partial charge in [0.05, 0.1) is 0 Å². The van der Waals surface area contributed by atoms with Gasteiger partial charge < -0.3 is 10.4 Å². The third-order valence-corrected chi connectivity index (χ3v) is 3.46. The van der Waals surface area contributed by atoms with Crippen LogP contribution in [0.3, 0.4) is 0 Å². The van der Waals surface area contributed by atoms with E-state index in [2.05, 4.69) is 5.32 Å². The number of nitrogens with zero attached hydrogens (tertiary/aromatic N) is 1. The van der Waals surface area contributed by atoms with E-state index in [1.807, 2.05) is 0 Å². The van der Waals surface area contributed by atoms with Gasteiger partial charge in [0.25, 0.3) is 5.92 Å². The van der Waals surface area contributed by atoms with E-state index in [1.165, 1.54) is 4.90 Å². The Morgan fingerprint density at radius 1 is 1.10 bits per heavy atom. The molecular formula is C13H15F5N2O. The van der Waals surface area contributed by atoms with Crippen LogP contribution in [0, 0.1) is 17.5 Å². The number of piperazine rings is 1. The molecule has 1 fully saturated rings. The van der Waals surface area contributed by atoms with Crippen LogP contribution in [0.5, 0.6) is 0 Å². The van der Waals surface area contributed by atoms with Crippen molar-refractivity contribution >= 4 is 0 Å². The van der Waals surface area contributed by atoms with Gasteiger partial charge in [-0.2, -0.15) is 0 Å². The molecule has 3 nitrogen and oxygen atoms in total. The van der Waals surface area contributed by atoms with Crippen LogP contribution in [0.2, 0.25) is 0 Å². The van der Waals surface area contributed by atoms with Crippen molar-refractivity contribution in [3.63, 3.8) is 0 Å². The van der Waals surface area contributed by atoms with E-state index in [4.69, 9.17) is 5.11 Å². The number of nitrogens with one attached hydrogen (secondary N) is 1. The molecule has 21 heavy (non-hydrogen) atoms. The van der Waals surface area contributed by atoms with Crippen LogP contribution in [0.15, 0.2) is 12.1 Å². The van der Waals surface area contributed by atoms with E-state index in [9.17, 15) is 22.0 Å². The van der Waals surface area contributed by atoms with Crippen molar-refractivity contribution in [3.8, 4) is 0 Å². The van der Waals surface area contributed by atoms with Crippen LogP contribution in [0.4, 0.5) is 22.0 Å². The van der Waals surface area contributed by atoms with Gasteiger partial charge in [0.2, 0.25) is 0 Å². The Hall–Kier alpha value is -1.25. The number of benzene rings is 1. The van der Waals surface area contributed by atoms with E-state index in [0.29, 0.717) is 19.2 Å². The highest BCUT2D eigenvalue weighted by Crippen LogP contribution is 2.38. The fourth-order valence-corrected chi connectivity index (χ4v) is 2.47. The molecular weight excluding hydrogens is 295 g/mol. The van der Waals surface area contributed by atoms with E-state index in [0.717, 1.165) is 0 Å². The molecule has 1 aliphatic rings. The van der Waals surface area contributed by atoms with Crippen molar-refractivity contribution in [1.29, 1.82) is 0 Å². The largest absolute Gasteiger partial charge is 0.390 e. The normalized spacial score (nSPS) is 18.8. The number of aliphatic hydroxyl groups is 1. The molecule has 2 rings (SSSR count). The first-order valence-corrected chi connectivity index (χ1v) is 6.44. The average Bonchev–Trinajstić information content (AvgIpc) is 2.45. The summed E-state index contributed by atoms with van der Waals surface area (Å²) in [7, 11) is 0. The van der Waals surface area contributed by atoms with Crippen molar-refractivity contribution in [1.82, 2.24) is 10.2 Å². The van der Waals surface area contributed by atoms with Gasteiger partial charge in [-0.25, -0.2) is 22.0 Å². The van der Waals surface area contributed by atoms with Gasteiger partial charge in [-0.3, -0.25) is 4.90 Å². The molecule has 2 N–H and O–H groups in total. The van der Waals surface area contributed by atoms with Crippen molar-refractivity contribution < 1.29 is 27.1 Å². The first kappa shape index (κ1) is 16.1. The highest BCUT2D eigenvalue weighted by molar-refractivity contribution is 5.26. The van der Waals surface area contributed by atoms with Crippen molar-refractivity contribution in [2.75, 3.05) is 32.8 Å². The quantitative estimate of drug-likeness (QED) is 0.656. The molecule has 0 amide bonds. The molecule has 0 spiro atoms.